The molecule has 1 fully saturated rings. The number of hydrogen-bond acceptors (Lipinski definition) is 1. The highest BCUT2D eigenvalue weighted by Crippen LogP contribution is 2.21. The fourth-order valence-electron chi connectivity index (χ4n) is 1.87. The van der Waals surface area contributed by atoms with Gasteiger partial charge in [-0.15, -0.1) is 0 Å². The Balaban J connectivity index is 2.03. The lowest BCUT2D eigenvalue weighted by Gasteiger charge is -2.29. The number of urea groups is 1. The number of para-hydroxylation sites is 1. The average molecular weight is 218 g/mol. The van der Waals surface area contributed by atoms with Crippen molar-refractivity contribution >= 4 is 11.7 Å². The van der Waals surface area contributed by atoms with Crippen LogP contribution in [0.2, 0.25) is 0 Å². The SMILES string of the molecule is Cc1ccccc1N(C)C(=O)NC1CCC1. The van der Waals surface area contributed by atoms with Crippen molar-refractivity contribution in [3.8, 4) is 0 Å². The highest BCUT2D eigenvalue weighted by molar-refractivity contribution is 5.92. The number of carbonyl (C=O) groups is 1. The minimum Gasteiger partial charge on any atom is -0.335 e. The average Bonchev–Trinajstić information content (AvgIpc) is 2.23. The number of carbonyl (C=O) groups excluding carboxylic acids is 1. The van der Waals surface area contributed by atoms with E-state index in [9.17, 15) is 4.79 Å². The van der Waals surface area contributed by atoms with Gasteiger partial charge in [-0.05, 0) is 37.8 Å². The quantitative estimate of drug-likeness (QED) is 0.813. The van der Waals surface area contributed by atoms with Crippen molar-refractivity contribution in [2.75, 3.05) is 11.9 Å². The molecular formula is C13H18N2O. The number of benzene rings is 1. The van der Waals surface area contributed by atoms with Crippen LogP contribution >= 0.6 is 0 Å². The topological polar surface area (TPSA) is 32.3 Å². The predicted molar refractivity (Wildman–Crippen MR) is 65.8 cm³/mol. The highest BCUT2D eigenvalue weighted by atomic mass is 16.2. The van der Waals surface area contributed by atoms with Crippen molar-refractivity contribution in [3.05, 3.63) is 29.8 Å². The largest absolute Gasteiger partial charge is 0.335 e. The Morgan fingerprint density at radius 3 is 2.62 bits per heavy atom. The van der Waals surface area contributed by atoms with Gasteiger partial charge in [0.1, 0.15) is 0 Å². The van der Waals surface area contributed by atoms with Gasteiger partial charge in [0, 0.05) is 18.8 Å². The van der Waals surface area contributed by atoms with E-state index in [1.54, 1.807) is 4.90 Å². The Bertz CT molecular complexity index is 385. The smallest absolute Gasteiger partial charge is 0.321 e. The summed E-state index contributed by atoms with van der Waals surface area (Å²) in [5, 5.41) is 3.03. The standard InChI is InChI=1S/C13H18N2O/c1-10-6-3-4-9-12(10)15(2)13(16)14-11-7-5-8-11/h3-4,6,9,11H,5,7-8H2,1-2H3,(H,14,16). The van der Waals surface area contributed by atoms with Crippen molar-refractivity contribution in [1.82, 2.24) is 5.32 Å². The van der Waals surface area contributed by atoms with E-state index in [2.05, 4.69) is 5.32 Å². The molecule has 1 saturated carbocycles. The van der Waals surface area contributed by atoms with Gasteiger partial charge in [-0.25, -0.2) is 4.79 Å². The molecule has 1 aromatic rings. The summed E-state index contributed by atoms with van der Waals surface area (Å²) < 4.78 is 0. The van der Waals surface area contributed by atoms with Gasteiger partial charge < -0.3 is 5.32 Å². The van der Waals surface area contributed by atoms with E-state index in [0.29, 0.717) is 6.04 Å². The maximum atomic E-state index is 11.9. The van der Waals surface area contributed by atoms with Gasteiger partial charge in [-0.1, -0.05) is 18.2 Å². The van der Waals surface area contributed by atoms with Gasteiger partial charge in [0.05, 0.1) is 0 Å². The normalized spacial score (nSPS) is 15.4. The molecule has 86 valence electrons. The summed E-state index contributed by atoms with van der Waals surface area (Å²) in [7, 11) is 1.82. The van der Waals surface area contributed by atoms with Crippen molar-refractivity contribution in [2.24, 2.45) is 0 Å². The Morgan fingerprint density at radius 1 is 1.38 bits per heavy atom. The van der Waals surface area contributed by atoms with E-state index < -0.39 is 0 Å². The monoisotopic (exact) mass is 218 g/mol. The first-order chi connectivity index (χ1) is 7.68. The molecule has 1 aliphatic rings. The predicted octanol–water partition coefficient (Wildman–Crippen LogP) is 2.69. The van der Waals surface area contributed by atoms with Crippen LogP contribution in [0.3, 0.4) is 0 Å². The molecule has 2 amide bonds. The molecule has 0 spiro atoms. The second kappa shape index (κ2) is 4.56. The number of hydrogen-bond donors (Lipinski definition) is 1. The van der Waals surface area contributed by atoms with Crippen molar-refractivity contribution < 1.29 is 4.79 Å². The molecule has 1 aliphatic carbocycles. The Kier molecular flexibility index (Phi) is 3.13. The van der Waals surface area contributed by atoms with Gasteiger partial charge in [0.25, 0.3) is 0 Å². The minimum atomic E-state index is -0.000926. The molecule has 2 rings (SSSR count). The molecule has 0 radical (unpaired) electrons. The molecular weight excluding hydrogens is 200 g/mol. The summed E-state index contributed by atoms with van der Waals surface area (Å²) in [5.41, 5.74) is 2.09. The van der Waals surface area contributed by atoms with E-state index in [1.165, 1.54) is 6.42 Å². The maximum absolute atomic E-state index is 11.9. The van der Waals surface area contributed by atoms with E-state index in [0.717, 1.165) is 24.1 Å². The van der Waals surface area contributed by atoms with Crippen LogP contribution < -0.4 is 10.2 Å². The molecule has 0 saturated heterocycles. The molecule has 16 heavy (non-hydrogen) atoms. The van der Waals surface area contributed by atoms with Crippen LogP contribution in [0.25, 0.3) is 0 Å². The van der Waals surface area contributed by atoms with Crippen LogP contribution in [-0.2, 0) is 0 Å². The fourth-order valence-corrected chi connectivity index (χ4v) is 1.87. The molecule has 0 bridgehead atoms. The summed E-state index contributed by atoms with van der Waals surface area (Å²) in [6.07, 6.45) is 3.47. The van der Waals surface area contributed by atoms with Crippen LogP contribution in [0.4, 0.5) is 10.5 Å². The molecule has 3 heteroatoms. The Hall–Kier alpha value is -1.51. The van der Waals surface area contributed by atoms with E-state index in [4.69, 9.17) is 0 Å². The lowest BCUT2D eigenvalue weighted by atomic mass is 9.93. The van der Waals surface area contributed by atoms with Gasteiger partial charge in [-0.3, -0.25) is 4.90 Å². The zero-order chi connectivity index (χ0) is 11.5. The summed E-state index contributed by atoms with van der Waals surface area (Å²) >= 11 is 0. The summed E-state index contributed by atoms with van der Waals surface area (Å²) in [6, 6.07) is 8.31. The zero-order valence-electron chi connectivity index (χ0n) is 9.86. The van der Waals surface area contributed by atoms with Gasteiger partial charge >= 0.3 is 6.03 Å². The molecule has 0 aromatic heterocycles. The summed E-state index contributed by atoms with van der Waals surface area (Å²) in [6.45, 7) is 2.02. The fraction of sp³-hybridized carbons (Fsp3) is 0.462. The van der Waals surface area contributed by atoms with Gasteiger partial charge in [0.2, 0.25) is 0 Å². The van der Waals surface area contributed by atoms with Gasteiger partial charge in [-0.2, -0.15) is 0 Å². The maximum Gasteiger partial charge on any atom is 0.321 e. The third-order valence-electron chi connectivity index (χ3n) is 3.21. The first-order valence-electron chi connectivity index (χ1n) is 5.78. The molecule has 0 aliphatic heterocycles. The number of rotatable bonds is 2. The first kappa shape index (κ1) is 11.0. The van der Waals surface area contributed by atoms with Crippen molar-refractivity contribution in [2.45, 2.75) is 32.2 Å². The van der Waals surface area contributed by atoms with Crippen LogP contribution in [0.1, 0.15) is 24.8 Å². The zero-order valence-corrected chi connectivity index (χ0v) is 9.86. The van der Waals surface area contributed by atoms with Crippen molar-refractivity contribution in [3.63, 3.8) is 0 Å². The minimum absolute atomic E-state index is 0.000926. The molecule has 0 atom stereocenters. The number of aryl methyl sites for hydroxylation is 1. The van der Waals surface area contributed by atoms with E-state index in [-0.39, 0.29) is 6.03 Å². The summed E-state index contributed by atoms with van der Waals surface area (Å²) in [5.74, 6) is 0. The molecule has 3 nitrogen and oxygen atoms in total. The van der Waals surface area contributed by atoms with Gasteiger partial charge in [0.15, 0.2) is 0 Å². The molecule has 0 unspecified atom stereocenters. The van der Waals surface area contributed by atoms with Crippen LogP contribution in [0, 0.1) is 6.92 Å². The number of nitrogens with one attached hydrogen (secondary N) is 1. The molecule has 1 N–H and O–H groups in total. The van der Waals surface area contributed by atoms with Crippen LogP contribution in [0.15, 0.2) is 24.3 Å². The third-order valence-corrected chi connectivity index (χ3v) is 3.21. The Morgan fingerprint density at radius 2 is 2.06 bits per heavy atom. The van der Waals surface area contributed by atoms with Crippen molar-refractivity contribution in [1.29, 1.82) is 0 Å². The highest BCUT2D eigenvalue weighted by Gasteiger charge is 2.21. The van der Waals surface area contributed by atoms with E-state index >= 15 is 0 Å². The second-order valence-electron chi connectivity index (χ2n) is 4.42. The lowest BCUT2D eigenvalue weighted by molar-refractivity contribution is 0.235. The third kappa shape index (κ3) is 2.18. The number of anilines is 1. The van der Waals surface area contributed by atoms with Crippen LogP contribution in [-0.4, -0.2) is 19.1 Å². The van der Waals surface area contributed by atoms with Crippen LogP contribution in [0.5, 0.6) is 0 Å². The van der Waals surface area contributed by atoms with E-state index in [1.807, 2.05) is 38.2 Å². The molecule has 1 aromatic carbocycles. The first-order valence-corrected chi connectivity index (χ1v) is 5.78. The Labute approximate surface area is 96.5 Å². The lowest BCUT2D eigenvalue weighted by Crippen LogP contribution is -2.46. The summed E-state index contributed by atoms with van der Waals surface area (Å²) in [4.78, 5) is 13.6. The second-order valence-corrected chi connectivity index (χ2v) is 4.42. The molecule has 0 heterocycles. The number of amides is 2. The number of nitrogens with zero attached hydrogens (tertiary/aromatic N) is 1.